The Morgan fingerprint density at radius 3 is 2.86 bits per heavy atom. The smallest absolute Gasteiger partial charge is 0.188 e. The van der Waals surface area contributed by atoms with Gasteiger partial charge in [0.15, 0.2) is 10.9 Å². The van der Waals surface area contributed by atoms with Crippen molar-refractivity contribution < 1.29 is 4.74 Å². The zero-order chi connectivity index (χ0) is 19.3. The highest BCUT2D eigenvalue weighted by Gasteiger charge is 2.23. The van der Waals surface area contributed by atoms with Gasteiger partial charge in [0.25, 0.3) is 0 Å². The maximum absolute atomic E-state index is 5.56. The fourth-order valence-electron chi connectivity index (χ4n) is 3.64. The molecule has 1 aliphatic rings. The summed E-state index contributed by atoms with van der Waals surface area (Å²) in [5.41, 5.74) is 3.54. The summed E-state index contributed by atoms with van der Waals surface area (Å²) in [6, 6.07) is 6.44. The summed E-state index contributed by atoms with van der Waals surface area (Å²) in [4.78, 5) is 15.9. The molecule has 1 aromatic carbocycles. The molecular formula is C21H25N5OS. The van der Waals surface area contributed by atoms with E-state index in [1.807, 2.05) is 11.6 Å². The van der Waals surface area contributed by atoms with Crippen LogP contribution in [-0.4, -0.2) is 40.1 Å². The minimum atomic E-state index is 0.446. The lowest BCUT2D eigenvalue weighted by Gasteiger charge is -2.32. The lowest BCUT2D eigenvalue weighted by atomic mass is 9.93. The van der Waals surface area contributed by atoms with Gasteiger partial charge in [-0.15, -0.1) is 11.3 Å². The number of hydrogen-bond acceptors (Lipinski definition) is 7. The third kappa shape index (κ3) is 4.48. The molecule has 28 heavy (non-hydrogen) atoms. The maximum atomic E-state index is 5.56. The lowest BCUT2D eigenvalue weighted by Crippen LogP contribution is -2.32. The first kappa shape index (κ1) is 18.8. The molecule has 4 rings (SSSR count). The molecule has 0 atom stereocenters. The lowest BCUT2D eigenvalue weighted by molar-refractivity contribution is 0.201. The Morgan fingerprint density at radius 1 is 1.25 bits per heavy atom. The summed E-state index contributed by atoms with van der Waals surface area (Å²) in [5, 5.41) is 6.02. The van der Waals surface area contributed by atoms with Crippen LogP contribution >= 0.6 is 11.3 Å². The van der Waals surface area contributed by atoms with Crippen LogP contribution in [0.3, 0.4) is 0 Å². The quantitative estimate of drug-likeness (QED) is 0.668. The van der Waals surface area contributed by atoms with E-state index in [-0.39, 0.29) is 0 Å². The molecule has 1 fully saturated rings. The van der Waals surface area contributed by atoms with Crippen LogP contribution in [-0.2, 0) is 6.54 Å². The first-order chi connectivity index (χ1) is 13.7. The van der Waals surface area contributed by atoms with Crippen molar-refractivity contribution in [2.45, 2.75) is 32.2 Å². The Hall–Kier alpha value is -2.51. The molecule has 6 nitrogen and oxygen atoms in total. The largest absolute Gasteiger partial charge is 0.496 e. The van der Waals surface area contributed by atoms with E-state index in [0.29, 0.717) is 5.92 Å². The number of benzene rings is 1. The number of aryl methyl sites for hydroxylation is 1. The Labute approximate surface area is 169 Å². The van der Waals surface area contributed by atoms with Crippen LogP contribution in [0.1, 0.15) is 35.6 Å². The second kappa shape index (κ2) is 8.67. The fraction of sp³-hybridized carbons (Fsp3) is 0.381. The molecule has 1 aliphatic heterocycles. The molecular weight excluding hydrogens is 370 g/mol. The van der Waals surface area contributed by atoms with Crippen LogP contribution in [0.2, 0.25) is 0 Å². The summed E-state index contributed by atoms with van der Waals surface area (Å²) in [6.07, 6.45) is 7.61. The number of methoxy groups -OCH3 is 1. The van der Waals surface area contributed by atoms with Gasteiger partial charge < -0.3 is 10.1 Å². The van der Waals surface area contributed by atoms with Crippen molar-refractivity contribution in [3.8, 4) is 5.75 Å². The molecule has 0 unspecified atom stereocenters. The third-order valence-corrected chi connectivity index (χ3v) is 5.85. The maximum Gasteiger partial charge on any atom is 0.188 e. The van der Waals surface area contributed by atoms with Gasteiger partial charge in [0.1, 0.15) is 5.75 Å². The van der Waals surface area contributed by atoms with Crippen molar-refractivity contribution in [3.63, 3.8) is 0 Å². The number of rotatable bonds is 6. The molecule has 1 saturated heterocycles. The molecule has 0 bridgehead atoms. The van der Waals surface area contributed by atoms with E-state index >= 15 is 0 Å². The highest BCUT2D eigenvalue weighted by molar-refractivity contribution is 7.13. The van der Waals surface area contributed by atoms with Gasteiger partial charge in [0, 0.05) is 35.8 Å². The molecule has 146 valence electrons. The zero-order valence-electron chi connectivity index (χ0n) is 16.3. The Morgan fingerprint density at radius 2 is 2.11 bits per heavy atom. The number of aromatic nitrogens is 3. The first-order valence-electron chi connectivity index (χ1n) is 9.55. The second-order valence-corrected chi connectivity index (χ2v) is 8.05. The topological polar surface area (TPSA) is 63.2 Å². The molecule has 3 aromatic rings. The molecule has 7 heteroatoms. The predicted molar refractivity (Wildman–Crippen MR) is 112 cm³/mol. The van der Waals surface area contributed by atoms with E-state index in [1.165, 1.54) is 11.1 Å². The summed E-state index contributed by atoms with van der Waals surface area (Å²) in [5.74, 6) is 2.19. The summed E-state index contributed by atoms with van der Waals surface area (Å²) in [6.45, 7) is 5.12. The average molecular weight is 396 g/mol. The van der Waals surface area contributed by atoms with Crippen LogP contribution < -0.4 is 10.1 Å². The van der Waals surface area contributed by atoms with E-state index in [4.69, 9.17) is 9.72 Å². The number of anilines is 2. The van der Waals surface area contributed by atoms with Gasteiger partial charge in [-0.05, 0) is 44.5 Å². The Bertz CT molecular complexity index is 907. The Balaban J connectivity index is 1.36. The summed E-state index contributed by atoms with van der Waals surface area (Å²) >= 11 is 1.56. The van der Waals surface area contributed by atoms with Crippen LogP contribution in [0.5, 0.6) is 5.75 Å². The highest BCUT2D eigenvalue weighted by Crippen LogP contribution is 2.29. The van der Waals surface area contributed by atoms with Crippen molar-refractivity contribution in [3.05, 3.63) is 59.0 Å². The van der Waals surface area contributed by atoms with Gasteiger partial charge in [-0.2, -0.15) is 0 Å². The van der Waals surface area contributed by atoms with Crippen molar-refractivity contribution in [2.75, 3.05) is 25.5 Å². The number of ether oxygens (including phenoxy) is 1. The van der Waals surface area contributed by atoms with Crippen molar-refractivity contribution in [1.82, 2.24) is 19.9 Å². The number of piperidine rings is 1. The van der Waals surface area contributed by atoms with E-state index < -0.39 is 0 Å². The Kier molecular flexibility index (Phi) is 5.83. The first-order valence-corrected chi connectivity index (χ1v) is 10.4. The van der Waals surface area contributed by atoms with Gasteiger partial charge in [-0.1, -0.05) is 12.1 Å². The number of hydrogen-bond donors (Lipinski definition) is 1. The van der Waals surface area contributed by atoms with Crippen LogP contribution in [0, 0.1) is 6.92 Å². The second-order valence-electron chi connectivity index (χ2n) is 7.16. The van der Waals surface area contributed by atoms with E-state index in [1.54, 1.807) is 30.8 Å². The summed E-state index contributed by atoms with van der Waals surface area (Å²) < 4.78 is 5.56. The standard InChI is InChI=1S/C21H25N5OS/c1-15-3-4-17(19(11-15)27-2)14-26-8-5-16(6-9-26)18-12-22-13-20(24-18)25-21-23-7-10-28-21/h3-4,7,10-13,16H,5-6,8-9,14H2,1-2H3,(H,23,24,25). The molecule has 2 aromatic heterocycles. The van der Waals surface area contributed by atoms with Crippen LogP contribution in [0.4, 0.5) is 10.9 Å². The van der Waals surface area contributed by atoms with Gasteiger partial charge in [-0.3, -0.25) is 9.88 Å². The molecule has 0 spiro atoms. The normalized spacial score (nSPS) is 15.5. The third-order valence-electron chi connectivity index (χ3n) is 5.16. The number of thiazole rings is 1. The van der Waals surface area contributed by atoms with Crippen LogP contribution in [0.25, 0.3) is 0 Å². The van der Waals surface area contributed by atoms with Gasteiger partial charge in [0.2, 0.25) is 0 Å². The minimum absolute atomic E-state index is 0.446. The monoisotopic (exact) mass is 395 g/mol. The van der Waals surface area contributed by atoms with Crippen molar-refractivity contribution in [2.24, 2.45) is 0 Å². The predicted octanol–water partition coefficient (Wildman–Crippen LogP) is 4.37. The zero-order valence-corrected chi connectivity index (χ0v) is 17.1. The molecule has 0 amide bonds. The highest BCUT2D eigenvalue weighted by atomic mass is 32.1. The molecule has 0 radical (unpaired) electrons. The minimum Gasteiger partial charge on any atom is -0.496 e. The van der Waals surface area contributed by atoms with E-state index in [2.05, 4.69) is 45.3 Å². The van der Waals surface area contributed by atoms with E-state index in [0.717, 1.165) is 54.9 Å². The number of nitrogens with one attached hydrogen (secondary N) is 1. The molecule has 3 heterocycles. The summed E-state index contributed by atoms with van der Waals surface area (Å²) in [7, 11) is 1.75. The molecule has 0 aliphatic carbocycles. The van der Waals surface area contributed by atoms with Gasteiger partial charge in [0.05, 0.1) is 19.0 Å². The molecule has 0 saturated carbocycles. The van der Waals surface area contributed by atoms with Crippen molar-refractivity contribution >= 4 is 22.3 Å². The fourth-order valence-corrected chi connectivity index (χ4v) is 4.18. The molecule has 1 N–H and O–H groups in total. The SMILES string of the molecule is COc1cc(C)ccc1CN1CCC(c2cncc(Nc3nccs3)n2)CC1. The number of nitrogens with zero attached hydrogens (tertiary/aromatic N) is 4. The van der Waals surface area contributed by atoms with E-state index in [9.17, 15) is 0 Å². The van der Waals surface area contributed by atoms with Crippen LogP contribution in [0.15, 0.2) is 42.2 Å². The number of likely N-dealkylation sites (tertiary alicyclic amines) is 1. The average Bonchev–Trinajstić information content (AvgIpc) is 3.23. The van der Waals surface area contributed by atoms with Gasteiger partial charge >= 0.3 is 0 Å². The van der Waals surface area contributed by atoms with Gasteiger partial charge in [-0.25, -0.2) is 9.97 Å². The van der Waals surface area contributed by atoms with Crippen molar-refractivity contribution in [1.29, 1.82) is 0 Å².